The fourth-order valence-electron chi connectivity index (χ4n) is 1.79. The summed E-state index contributed by atoms with van der Waals surface area (Å²) in [5, 5.41) is 0. The maximum atomic E-state index is 13.0. The number of hydrogen-bond acceptors (Lipinski definition) is 4. The molecule has 2 rings (SSSR count). The number of imidazole rings is 1. The van der Waals surface area contributed by atoms with E-state index in [1.165, 1.54) is 12.1 Å². The van der Waals surface area contributed by atoms with E-state index in [-0.39, 0.29) is 24.2 Å². The van der Waals surface area contributed by atoms with Gasteiger partial charge in [0.15, 0.2) is 0 Å². The maximum absolute atomic E-state index is 13.0. The predicted molar refractivity (Wildman–Crippen MR) is 65.4 cm³/mol. The second kappa shape index (κ2) is 5.03. The molecule has 6 heteroatoms. The summed E-state index contributed by atoms with van der Waals surface area (Å²) < 4.78 is 19.5. The third-order valence-electron chi connectivity index (χ3n) is 2.58. The number of nitrogens with zero attached hydrogens (tertiary/aromatic N) is 2. The lowest BCUT2D eigenvalue weighted by atomic mass is 10.3. The van der Waals surface area contributed by atoms with E-state index in [0.29, 0.717) is 24.2 Å². The number of hydrogen-bond donors (Lipinski definition) is 1. The Bertz CT molecular complexity index is 580. The lowest BCUT2D eigenvalue weighted by Crippen LogP contribution is -2.10. The van der Waals surface area contributed by atoms with Gasteiger partial charge in [-0.2, -0.15) is 0 Å². The van der Waals surface area contributed by atoms with Crippen molar-refractivity contribution in [2.45, 2.75) is 19.9 Å². The number of aromatic nitrogens is 2. The summed E-state index contributed by atoms with van der Waals surface area (Å²) in [5.74, 6) is -0.390. The van der Waals surface area contributed by atoms with Crippen LogP contribution in [-0.2, 0) is 16.1 Å². The van der Waals surface area contributed by atoms with Gasteiger partial charge in [0.2, 0.25) is 5.95 Å². The second-order valence-electron chi connectivity index (χ2n) is 3.81. The van der Waals surface area contributed by atoms with Crippen molar-refractivity contribution in [3.8, 4) is 0 Å². The van der Waals surface area contributed by atoms with Crippen LogP contribution in [0.25, 0.3) is 11.0 Å². The predicted octanol–water partition coefficient (Wildman–Crippen LogP) is 1.71. The number of anilines is 1. The molecule has 5 nitrogen and oxygen atoms in total. The van der Waals surface area contributed by atoms with Crippen LogP contribution in [-0.4, -0.2) is 22.1 Å². The average Bonchev–Trinajstić information content (AvgIpc) is 2.61. The summed E-state index contributed by atoms with van der Waals surface area (Å²) in [5.41, 5.74) is 6.93. The minimum atomic E-state index is -0.363. The molecule has 2 aromatic rings. The van der Waals surface area contributed by atoms with Gasteiger partial charge in [-0.05, 0) is 19.1 Å². The van der Waals surface area contributed by atoms with Gasteiger partial charge in [0.05, 0.1) is 24.1 Å². The molecule has 0 aliphatic carbocycles. The Kier molecular flexibility index (Phi) is 3.45. The van der Waals surface area contributed by atoms with Crippen LogP contribution in [0.5, 0.6) is 0 Å². The summed E-state index contributed by atoms with van der Waals surface area (Å²) in [4.78, 5) is 15.3. The van der Waals surface area contributed by atoms with Crippen LogP contribution >= 0.6 is 0 Å². The zero-order valence-corrected chi connectivity index (χ0v) is 10.0. The van der Waals surface area contributed by atoms with Crippen molar-refractivity contribution >= 4 is 23.0 Å². The number of carbonyl (C=O) groups is 1. The molecule has 0 aliphatic rings. The molecule has 0 bridgehead atoms. The van der Waals surface area contributed by atoms with Crippen molar-refractivity contribution in [3.05, 3.63) is 24.0 Å². The highest BCUT2D eigenvalue weighted by Gasteiger charge is 2.10. The third-order valence-corrected chi connectivity index (χ3v) is 2.58. The number of ether oxygens (including phenoxy) is 1. The molecule has 96 valence electrons. The van der Waals surface area contributed by atoms with Crippen molar-refractivity contribution in [1.82, 2.24) is 9.55 Å². The van der Waals surface area contributed by atoms with Gasteiger partial charge in [-0.25, -0.2) is 9.37 Å². The molecule has 18 heavy (non-hydrogen) atoms. The van der Waals surface area contributed by atoms with E-state index >= 15 is 0 Å². The normalized spacial score (nSPS) is 10.8. The summed E-state index contributed by atoms with van der Waals surface area (Å²) in [6.45, 7) is 2.47. The van der Waals surface area contributed by atoms with Crippen molar-refractivity contribution in [3.63, 3.8) is 0 Å². The summed E-state index contributed by atoms with van der Waals surface area (Å²) in [6, 6.07) is 4.25. The Morgan fingerprint density at radius 3 is 3.06 bits per heavy atom. The number of fused-ring (bicyclic) bond motifs is 1. The van der Waals surface area contributed by atoms with Crippen LogP contribution in [0.3, 0.4) is 0 Å². The number of carbonyl (C=O) groups excluding carboxylic acids is 1. The van der Waals surface area contributed by atoms with E-state index in [4.69, 9.17) is 10.5 Å². The standard InChI is InChI=1S/C12H14FN3O2/c1-2-18-11(17)5-6-16-10-4-3-8(13)7-9(10)15-12(16)14/h3-4,7H,2,5-6H2,1H3,(H2,14,15). The molecular formula is C12H14FN3O2. The highest BCUT2D eigenvalue weighted by molar-refractivity contribution is 5.78. The van der Waals surface area contributed by atoms with Crippen molar-refractivity contribution in [2.75, 3.05) is 12.3 Å². The van der Waals surface area contributed by atoms with E-state index in [1.54, 1.807) is 17.6 Å². The number of nitrogen functional groups attached to an aromatic ring is 1. The van der Waals surface area contributed by atoms with Gasteiger partial charge in [0, 0.05) is 12.6 Å². The van der Waals surface area contributed by atoms with Gasteiger partial charge in [-0.3, -0.25) is 4.79 Å². The molecule has 0 spiro atoms. The minimum Gasteiger partial charge on any atom is -0.466 e. The molecule has 0 saturated heterocycles. The molecule has 0 amide bonds. The number of esters is 1. The first-order valence-corrected chi connectivity index (χ1v) is 5.68. The largest absolute Gasteiger partial charge is 0.466 e. The lowest BCUT2D eigenvalue weighted by Gasteiger charge is -2.06. The highest BCUT2D eigenvalue weighted by atomic mass is 19.1. The molecule has 0 unspecified atom stereocenters. The Balaban J connectivity index is 2.22. The minimum absolute atomic E-state index is 0.209. The van der Waals surface area contributed by atoms with Crippen LogP contribution in [0.1, 0.15) is 13.3 Å². The first kappa shape index (κ1) is 12.3. The van der Waals surface area contributed by atoms with Gasteiger partial charge in [-0.1, -0.05) is 0 Å². The molecule has 0 radical (unpaired) electrons. The molecule has 1 heterocycles. The molecule has 0 saturated carbocycles. The summed E-state index contributed by atoms with van der Waals surface area (Å²) in [6.07, 6.45) is 0.209. The smallest absolute Gasteiger partial charge is 0.307 e. The maximum Gasteiger partial charge on any atom is 0.307 e. The van der Waals surface area contributed by atoms with Gasteiger partial charge < -0.3 is 15.0 Å². The third kappa shape index (κ3) is 2.42. The van der Waals surface area contributed by atoms with Gasteiger partial charge in [-0.15, -0.1) is 0 Å². The number of aryl methyl sites for hydroxylation is 1. The number of nitrogens with two attached hydrogens (primary N) is 1. The monoisotopic (exact) mass is 251 g/mol. The average molecular weight is 251 g/mol. The van der Waals surface area contributed by atoms with Crippen LogP contribution in [0, 0.1) is 5.82 Å². The van der Waals surface area contributed by atoms with E-state index < -0.39 is 0 Å². The van der Waals surface area contributed by atoms with Crippen molar-refractivity contribution in [2.24, 2.45) is 0 Å². The Morgan fingerprint density at radius 2 is 2.33 bits per heavy atom. The highest BCUT2D eigenvalue weighted by Crippen LogP contribution is 2.19. The van der Waals surface area contributed by atoms with Crippen LogP contribution in [0.2, 0.25) is 0 Å². The molecule has 1 aromatic heterocycles. The lowest BCUT2D eigenvalue weighted by molar-refractivity contribution is -0.143. The summed E-state index contributed by atoms with van der Waals surface area (Å²) in [7, 11) is 0. The fraction of sp³-hybridized carbons (Fsp3) is 0.333. The number of halogens is 1. The zero-order chi connectivity index (χ0) is 13.1. The van der Waals surface area contributed by atoms with E-state index in [9.17, 15) is 9.18 Å². The Morgan fingerprint density at radius 1 is 1.56 bits per heavy atom. The molecular weight excluding hydrogens is 237 g/mol. The van der Waals surface area contributed by atoms with E-state index in [1.807, 2.05) is 0 Å². The van der Waals surface area contributed by atoms with Crippen molar-refractivity contribution < 1.29 is 13.9 Å². The molecule has 0 aliphatic heterocycles. The Labute approximate surface area is 103 Å². The first-order chi connectivity index (χ1) is 8.61. The summed E-state index contributed by atoms with van der Waals surface area (Å²) >= 11 is 0. The van der Waals surface area contributed by atoms with Gasteiger partial charge in [0.1, 0.15) is 5.82 Å². The van der Waals surface area contributed by atoms with Crippen LogP contribution < -0.4 is 5.73 Å². The number of rotatable bonds is 4. The second-order valence-corrected chi connectivity index (χ2v) is 3.81. The SMILES string of the molecule is CCOC(=O)CCn1c(N)nc2cc(F)ccc21. The zero-order valence-electron chi connectivity index (χ0n) is 10.0. The molecule has 2 N–H and O–H groups in total. The van der Waals surface area contributed by atoms with Crippen LogP contribution in [0.4, 0.5) is 10.3 Å². The van der Waals surface area contributed by atoms with Crippen molar-refractivity contribution in [1.29, 1.82) is 0 Å². The topological polar surface area (TPSA) is 70.1 Å². The number of benzene rings is 1. The quantitative estimate of drug-likeness (QED) is 0.840. The first-order valence-electron chi connectivity index (χ1n) is 5.68. The fourth-order valence-corrected chi connectivity index (χ4v) is 1.79. The van der Waals surface area contributed by atoms with E-state index in [2.05, 4.69) is 4.98 Å². The molecule has 0 fully saturated rings. The van der Waals surface area contributed by atoms with Gasteiger partial charge >= 0.3 is 5.97 Å². The van der Waals surface area contributed by atoms with Gasteiger partial charge in [0.25, 0.3) is 0 Å². The van der Waals surface area contributed by atoms with Crippen LogP contribution in [0.15, 0.2) is 18.2 Å². The Hall–Kier alpha value is -2.11. The molecule has 0 atom stereocenters. The molecule has 1 aromatic carbocycles. The van der Waals surface area contributed by atoms with E-state index in [0.717, 1.165) is 0 Å².